The van der Waals surface area contributed by atoms with Crippen LogP contribution in [0.4, 0.5) is 5.82 Å². The minimum atomic E-state index is -0.594. The fourth-order valence-electron chi connectivity index (χ4n) is 1.79. The van der Waals surface area contributed by atoms with Crippen molar-refractivity contribution in [3.8, 4) is 0 Å². The number of carbonyl (C=O) groups excluding carboxylic acids is 1. The first kappa shape index (κ1) is 13.5. The van der Waals surface area contributed by atoms with E-state index in [4.69, 9.17) is 9.26 Å². The van der Waals surface area contributed by atoms with Crippen LogP contribution in [0.15, 0.2) is 22.9 Å². The van der Waals surface area contributed by atoms with E-state index in [-0.39, 0.29) is 5.89 Å². The minimum absolute atomic E-state index is 0.279. The van der Waals surface area contributed by atoms with Gasteiger partial charge in [0.1, 0.15) is 5.82 Å². The van der Waals surface area contributed by atoms with E-state index >= 15 is 0 Å². The fraction of sp³-hybridized carbons (Fsp3) is 0.429. The number of nitrogens with zero attached hydrogens (tertiary/aromatic N) is 3. The van der Waals surface area contributed by atoms with Crippen LogP contribution in [0.3, 0.4) is 0 Å². The molecule has 1 atom stereocenters. The molecule has 2 heterocycles. The number of pyridine rings is 1. The number of aryl methyl sites for hydroxylation is 1. The Morgan fingerprint density at radius 3 is 2.86 bits per heavy atom. The maximum absolute atomic E-state index is 12.0. The summed E-state index contributed by atoms with van der Waals surface area (Å²) in [7, 11) is 0. The third-order valence-electron chi connectivity index (χ3n) is 3.10. The zero-order chi connectivity index (χ0) is 14.8. The average Bonchev–Trinajstić information content (AvgIpc) is 3.17. The van der Waals surface area contributed by atoms with E-state index in [1.54, 1.807) is 26.0 Å². The summed E-state index contributed by atoms with van der Waals surface area (Å²) >= 11 is 0. The molecule has 1 saturated carbocycles. The number of ether oxygens (including phenoxy) is 1. The molecule has 0 spiro atoms. The van der Waals surface area contributed by atoms with Gasteiger partial charge in [0.2, 0.25) is 0 Å². The number of anilines is 1. The number of esters is 1. The number of rotatable bonds is 5. The maximum Gasteiger partial charge on any atom is 0.340 e. The number of aromatic nitrogens is 3. The lowest BCUT2D eigenvalue weighted by Crippen LogP contribution is -2.10. The summed E-state index contributed by atoms with van der Waals surface area (Å²) in [6.07, 6.45) is 3.25. The first-order chi connectivity index (χ1) is 10.1. The summed E-state index contributed by atoms with van der Waals surface area (Å²) in [5.74, 6) is 1.09. The van der Waals surface area contributed by atoms with Crippen LogP contribution in [-0.2, 0) is 4.74 Å². The zero-order valence-corrected chi connectivity index (χ0v) is 11.9. The van der Waals surface area contributed by atoms with Crippen molar-refractivity contribution in [2.24, 2.45) is 0 Å². The van der Waals surface area contributed by atoms with Gasteiger partial charge >= 0.3 is 5.97 Å². The molecule has 0 saturated heterocycles. The molecule has 7 nitrogen and oxygen atoms in total. The van der Waals surface area contributed by atoms with Crippen LogP contribution in [-0.4, -0.2) is 27.1 Å². The van der Waals surface area contributed by atoms with Crippen LogP contribution in [0.25, 0.3) is 0 Å². The van der Waals surface area contributed by atoms with Gasteiger partial charge in [-0.25, -0.2) is 9.78 Å². The van der Waals surface area contributed by atoms with Crippen molar-refractivity contribution >= 4 is 11.8 Å². The predicted octanol–water partition coefficient (Wildman–Crippen LogP) is 2.27. The lowest BCUT2D eigenvalue weighted by Gasteiger charge is -2.09. The molecule has 0 aliphatic heterocycles. The minimum Gasteiger partial charge on any atom is -0.449 e. The molecule has 7 heteroatoms. The second-order valence-electron chi connectivity index (χ2n) is 5.08. The van der Waals surface area contributed by atoms with Gasteiger partial charge in [-0.2, -0.15) is 4.98 Å². The smallest absolute Gasteiger partial charge is 0.340 e. The Kier molecular flexibility index (Phi) is 3.55. The second-order valence-corrected chi connectivity index (χ2v) is 5.08. The molecular weight excluding hydrogens is 272 g/mol. The molecule has 0 amide bonds. The van der Waals surface area contributed by atoms with Crippen molar-refractivity contribution in [3.63, 3.8) is 0 Å². The summed E-state index contributed by atoms with van der Waals surface area (Å²) in [5.41, 5.74) is 0.388. The molecule has 21 heavy (non-hydrogen) atoms. The Labute approximate surface area is 121 Å². The molecule has 2 aromatic rings. The van der Waals surface area contributed by atoms with E-state index in [9.17, 15) is 4.79 Å². The van der Waals surface area contributed by atoms with Crippen molar-refractivity contribution in [1.29, 1.82) is 0 Å². The molecule has 0 bridgehead atoms. The SMILES string of the molecule is Cc1noc(C(C)OC(=O)c2ccc(NC3CC3)nc2)n1. The number of nitrogens with one attached hydrogen (secondary N) is 1. The zero-order valence-electron chi connectivity index (χ0n) is 11.9. The van der Waals surface area contributed by atoms with Gasteiger partial charge in [-0.05, 0) is 38.8 Å². The van der Waals surface area contributed by atoms with E-state index in [1.807, 2.05) is 0 Å². The molecule has 0 radical (unpaired) electrons. The third-order valence-corrected chi connectivity index (χ3v) is 3.10. The number of hydrogen-bond acceptors (Lipinski definition) is 7. The van der Waals surface area contributed by atoms with Crippen molar-refractivity contribution < 1.29 is 14.1 Å². The Morgan fingerprint density at radius 2 is 2.29 bits per heavy atom. The van der Waals surface area contributed by atoms with Gasteiger partial charge < -0.3 is 14.6 Å². The van der Waals surface area contributed by atoms with Gasteiger partial charge in [0, 0.05) is 12.2 Å². The highest BCUT2D eigenvalue weighted by Crippen LogP contribution is 2.23. The molecule has 1 fully saturated rings. The predicted molar refractivity (Wildman–Crippen MR) is 73.7 cm³/mol. The molecule has 2 aromatic heterocycles. The average molecular weight is 288 g/mol. The first-order valence-electron chi connectivity index (χ1n) is 6.85. The van der Waals surface area contributed by atoms with Gasteiger partial charge in [-0.3, -0.25) is 0 Å². The second kappa shape index (κ2) is 5.51. The highest BCUT2D eigenvalue weighted by molar-refractivity contribution is 5.89. The van der Waals surface area contributed by atoms with E-state index in [0.29, 0.717) is 17.4 Å². The summed E-state index contributed by atoms with van der Waals surface area (Å²) in [6.45, 7) is 3.39. The molecule has 1 aliphatic rings. The molecule has 1 N–H and O–H groups in total. The Bertz CT molecular complexity index is 634. The molecule has 1 unspecified atom stereocenters. The summed E-state index contributed by atoms with van der Waals surface area (Å²) in [6, 6.07) is 3.98. The van der Waals surface area contributed by atoms with Gasteiger partial charge in [0.15, 0.2) is 11.9 Å². The molecular formula is C14H16N4O3. The first-order valence-corrected chi connectivity index (χ1v) is 6.85. The van der Waals surface area contributed by atoms with E-state index in [0.717, 1.165) is 5.82 Å². The largest absolute Gasteiger partial charge is 0.449 e. The van der Waals surface area contributed by atoms with Crippen molar-refractivity contribution in [2.45, 2.75) is 38.8 Å². The topological polar surface area (TPSA) is 90.1 Å². The Morgan fingerprint density at radius 1 is 1.48 bits per heavy atom. The molecule has 3 rings (SSSR count). The van der Waals surface area contributed by atoms with Crippen molar-refractivity contribution in [2.75, 3.05) is 5.32 Å². The normalized spacial score (nSPS) is 15.5. The summed E-state index contributed by atoms with van der Waals surface area (Å²) < 4.78 is 10.2. The fourth-order valence-corrected chi connectivity index (χ4v) is 1.79. The van der Waals surface area contributed by atoms with Crippen LogP contribution >= 0.6 is 0 Å². The monoisotopic (exact) mass is 288 g/mol. The molecule has 1 aliphatic carbocycles. The van der Waals surface area contributed by atoms with Gasteiger partial charge in [-0.1, -0.05) is 5.16 Å². The van der Waals surface area contributed by atoms with Crippen molar-refractivity contribution in [1.82, 2.24) is 15.1 Å². The van der Waals surface area contributed by atoms with E-state index in [1.165, 1.54) is 19.0 Å². The Hall–Kier alpha value is -2.44. The summed E-state index contributed by atoms with van der Waals surface area (Å²) in [5, 5.41) is 6.92. The quantitative estimate of drug-likeness (QED) is 0.844. The molecule has 110 valence electrons. The van der Waals surface area contributed by atoms with Crippen LogP contribution in [0.2, 0.25) is 0 Å². The highest BCUT2D eigenvalue weighted by atomic mass is 16.6. The van der Waals surface area contributed by atoms with Crippen LogP contribution < -0.4 is 5.32 Å². The third kappa shape index (κ3) is 3.36. The van der Waals surface area contributed by atoms with E-state index in [2.05, 4.69) is 20.4 Å². The number of hydrogen-bond donors (Lipinski definition) is 1. The van der Waals surface area contributed by atoms with Crippen LogP contribution in [0, 0.1) is 6.92 Å². The summed E-state index contributed by atoms with van der Waals surface area (Å²) in [4.78, 5) is 20.2. The van der Waals surface area contributed by atoms with Gasteiger partial charge in [0.25, 0.3) is 5.89 Å². The number of carbonyl (C=O) groups is 1. The lowest BCUT2D eigenvalue weighted by molar-refractivity contribution is 0.0265. The molecule has 0 aromatic carbocycles. The lowest BCUT2D eigenvalue weighted by atomic mass is 10.3. The standard InChI is InChI=1S/C14H16N4O3/c1-8(13-16-9(2)18-21-13)20-14(19)10-3-6-12(15-7-10)17-11-4-5-11/h3,6-8,11H,4-5H2,1-2H3,(H,15,17). The van der Waals surface area contributed by atoms with Crippen LogP contribution in [0.1, 0.15) is 47.9 Å². The van der Waals surface area contributed by atoms with Gasteiger partial charge in [-0.15, -0.1) is 0 Å². The Balaban J connectivity index is 1.61. The van der Waals surface area contributed by atoms with E-state index < -0.39 is 12.1 Å². The maximum atomic E-state index is 12.0. The van der Waals surface area contributed by atoms with Crippen LogP contribution in [0.5, 0.6) is 0 Å². The van der Waals surface area contributed by atoms with Crippen molar-refractivity contribution in [3.05, 3.63) is 35.6 Å². The highest BCUT2D eigenvalue weighted by Gasteiger charge is 2.22. The van der Waals surface area contributed by atoms with Gasteiger partial charge in [0.05, 0.1) is 5.56 Å².